The quantitative estimate of drug-likeness (QED) is 0.889. The molecule has 1 unspecified atom stereocenters. The molecule has 106 valence electrons. The molecule has 0 bridgehead atoms. The maximum atomic E-state index is 6.11. The summed E-state index contributed by atoms with van der Waals surface area (Å²) >= 11 is 6.11. The fraction of sp³-hybridized carbons (Fsp3) is 0.692. The molecule has 1 aliphatic rings. The van der Waals surface area contributed by atoms with Crippen molar-refractivity contribution in [2.45, 2.75) is 51.2 Å². The van der Waals surface area contributed by atoms with Crippen LogP contribution in [-0.4, -0.2) is 28.2 Å². The van der Waals surface area contributed by atoms with Crippen molar-refractivity contribution in [3.8, 4) is 0 Å². The van der Waals surface area contributed by atoms with Gasteiger partial charge in [0.15, 0.2) is 5.82 Å². The van der Waals surface area contributed by atoms with Crippen LogP contribution in [0.4, 0.5) is 11.6 Å². The molecule has 2 rings (SSSR count). The van der Waals surface area contributed by atoms with Crippen LogP contribution in [-0.2, 0) is 4.74 Å². The van der Waals surface area contributed by atoms with Crippen LogP contribution in [0.15, 0.2) is 6.33 Å². The Morgan fingerprint density at radius 1 is 1.47 bits per heavy atom. The van der Waals surface area contributed by atoms with Crippen LogP contribution in [0.3, 0.4) is 0 Å². The normalized spacial score (nSPS) is 22.2. The first-order chi connectivity index (χ1) is 9.10. The molecule has 3 N–H and O–H groups in total. The van der Waals surface area contributed by atoms with Crippen LogP contribution < -0.4 is 11.1 Å². The van der Waals surface area contributed by atoms with Gasteiger partial charge in [0.2, 0.25) is 0 Å². The van der Waals surface area contributed by atoms with E-state index < -0.39 is 0 Å². The highest BCUT2D eigenvalue weighted by Gasteiger charge is 2.34. The molecule has 0 spiro atoms. The minimum absolute atomic E-state index is 0.0268. The number of halogens is 1. The van der Waals surface area contributed by atoms with Crippen LogP contribution >= 0.6 is 11.6 Å². The van der Waals surface area contributed by atoms with Crippen LogP contribution in [0.25, 0.3) is 0 Å². The zero-order chi connectivity index (χ0) is 13.9. The topological polar surface area (TPSA) is 73.1 Å². The number of anilines is 2. The maximum Gasteiger partial charge on any atom is 0.150 e. The number of nitrogens with two attached hydrogens (primary N) is 1. The summed E-state index contributed by atoms with van der Waals surface area (Å²) < 4.78 is 5.96. The monoisotopic (exact) mass is 284 g/mol. The van der Waals surface area contributed by atoms with E-state index in [0.717, 1.165) is 32.3 Å². The van der Waals surface area contributed by atoms with Crippen LogP contribution in [0, 0.1) is 0 Å². The lowest BCUT2D eigenvalue weighted by molar-refractivity contribution is -0.0864. The summed E-state index contributed by atoms with van der Waals surface area (Å²) in [5.41, 5.74) is 5.66. The van der Waals surface area contributed by atoms with Crippen LogP contribution in [0.2, 0.25) is 5.02 Å². The fourth-order valence-electron chi connectivity index (χ4n) is 2.57. The van der Waals surface area contributed by atoms with Crippen molar-refractivity contribution in [1.82, 2.24) is 9.97 Å². The van der Waals surface area contributed by atoms with Gasteiger partial charge in [-0.2, -0.15) is 0 Å². The molecule has 0 saturated carbocycles. The molecule has 5 nitrogen and oxygen atoms in total. The molecule has 0 aliphatic carbocycles. The summed E-state index contributed by atoms with van der Waals surface area (Å²) in [6, 6.07) is 0.306. The molecule has 1 fully saturated rings. The summed E-state index contributed by atoms with van der Waals surface area (Å²) in [5, 5.41) is 3.77. The van der Waals surface area contributed by atoms with E-state index in [1.54, 1.807) is 0 Å². The van der Waals surface area contributed by atoms with Crippen molar-refractivity contribution in [2.75, 3.05) is 17.7 Å². The average Bonchev–Trinajstić information content (AvgIpc) is 2.44. The Bertz CT molecular complexity index is 437. The SMILES string of the molecule is CCC1(CC)CC(Nc2ncnc(N)c2Cl)CCO1. The molecule has 19 heavy (non-hydrogen) atoms. The van der Waals surface area contributed by atoms with Gasteiger partial charge in [-0.3, -0.25) is 0 Å². The van der Waals surface area contributed by atoms with E-state index in [-0.39, 0.29) is 5.60 Å². The Balaban J connectivity index is 2.09. The van der Waals surface area contributed by atoms with E-state index >= 15 is 0 Å². The highest BCUT2D eigenvalue weighted by Crippen LogP contribution is 2.33. The van der Waals surface area contributed by atoms with E-state index in [9.17, 15) is 0 Å². The van der Waals surface area contributed by atoms with Gasteiger partial charge in [-0.25, -0.2) is 9.97 Å². The van der Waals surface area contributed by atoms with Gasteiger partial charge >= 0.3 is 0 Å². The predicted octanol–water partition coefficient (Wildman–Crippen LogP) is 2.86. The molecule has 1 aromatic rings. The van der Waals surface area contributed by atoms with E-state index in [2.05, 4.69) is 29.1 Å². The summed E-state index contributed by atoms with van der Waals surface area (Å²) in [4.78, 5) is 8.02. The number of aromatic nitrogens is 2. The second-order valence-electron chi connectivity index (χ2n) is 4.99. The number of hydrogen-bond donors (Lipinski definition) is 2. The summed E-state index contributed by atoms with van der Waals surface area (Å²) in [7, 11) is 0. The van der Waals surface area contributed by atoms with Gasteiger partial charge in [-0.1, -0.05) is 25.4 Å². The number of rotatable bonds is 4. The zero-order valence-electron chi connectivity index (χ0n) is 11.4. The largest absolute Gasteiger partial charge is 0.382 e. The van der Waals surface area contributed by atoms with Gasteiger partial charge < -0.3 is 15.8 Å². The molecule has 0 radical (unpaired) electrons. The highest BCUT2D eigenvalue weighted by atomic mass is 35.5. The van der Waals surface area contributed by atoms with Crippen molar-refractivity contribution in [2.24, 2.45) is 0 Å². The van der Waals surface area contributed by atoms with Gasteiger partial charge in [-0.05, 0) is 25.7 Å². The minimum atomic E-state index is -0.0268. The predicted molar refractivity (Wildman–Crippen MR) is 77.4 cm³/mol. The molecule has 0 aromatic carbocycles. The first-order valence-electron chi connectivity index (χ1n) is 6.76. The van der Waals surface area contributed by atoms with E-state index in [1.165, 1.54) is 6.33 Å². The lowest BCUT2D eigenvalue weighted by Gasteiger charge is -2.40. The summed E-state index contributed by atoms with van der Waals surface area (Å²) in [6.07, 6.45) is 5.36. The van der Waals surface area contributed by atoms with E-state index in [0.29, 0.717) is 22.7 Å². The van der Waals surface area contributed by atoms with E-state index in [4.69, 9.17) is 22.1 Å². The number of ether oxygens (including phenoxy) is 1. The Labute approximate surface area is 118 Å². The molecule has 1 atom stereocenters. The first-order valence-corrected chi connectivity index (χ1v) is 7.14. The molecule has 0 amide bonds. The lowest BCUT2D eigenvalue weighted by Crippen LogP contribution is -2.43. The first kappa shape index (κ1) is 14.3. The van der Waals surface area contributed by atoms with Gasteiger partial charge in [0.25, 0.3) is 0 Å². The van der Waals surface area contributed by atoms with E-state index in [1.807, 2.05) is 0 Å². The number of nitrogen functional groups attached to an aromatic ring is 1. The molecular weight excluding hydrogens is 264 g/mol. The lowest BCUT2D eigenvalue weighted by atomic mass is 9.86. The maximum absolute atomic E-state index is 6.11. The number of hydrogen-bond acceptors (Lipinski definition) is 5. The number of nitrogens with one attached hydrogen (secondary N) is 1. The van der Waals surface area contributed by atoms with Crippen molar-refractivity contribution < 1.29 is 4.74 Å². The van der Waals surface area contributed by atoms with Gasteiger partial charge in [0, 0.05) is 12.6 Å². The minimum Gasteiger partial charge on any atom is -0.382 e. The molecule has 1 aliphatic heterocycles. The summed E-state index contributed by atoms with van der Waals surface area (Å²) in [6.45, 7) is 5.10. The second-order valence-corrected chi connectivity index (χ2v) is 5.37. The Kier molecular flexibility index (Phi) is 4.47. The smallest absolute Gasteiger partial charge is 0.150 e. The fourth-order valence-corrected chi connectivity index (χ4v) is 2.72. The van der Waals surface area contributed by atoms with Gasteiger partial charge in [0.05, 0.1) is 5.60 Å². The Morgan fingerprint density at radius 3 is 2.89 bits per heavy atom. The summed E-state index contributed by atoms with van der Waals surface area (Å²) in [5.74, 6) is 0.922. The highest BCUT2D eigenvalue weighted by molar-refractivity contribution is 6.35. The molecule has 1 aromatic heterocycles. The van der Waals surface area contributed by atoms with Crippen molar-refractivity contribution in [3.63, 3.8) is 0 Å². The standard InChI is InChI=1S/C13H21ClN4O/c1-3-13(4-2)7-9(5-6-19-13)18-12-10(14)11(15)16-8-17-12/h8-9H,3-7H2,1-2H3,(H3,15,16,17,18). The van der Waals surface area contributed by atoms with Crippen molar-refractivity contribution in [1.29, 1.82) is 0 Å². The van der Waals surface area contributed by atoms with Crippen LogP contribution in [0.1, 0.15) is 39.5 Å². The third kappa shape index (κ3) is 3.09. The van der Waals surface area contributed by atoms with Crippen molar-refractivity contribution in [3.05, 3.63) is 11.3 Å². The van der Waals surface area contributed by atoms with Crippen LogP contribution in [0.5, 0.6) is 0 Å². The molecule has 2 heterocycles. The second kappa shape index (κ2) is 5.92. The Morgan fingerprint density at radius 2 is 2.21 bits per heavy atom. The molecule has 1 saturated heterocycles. The average molecular weight is 285 g/mol. The Hall–Kier alpha value is -1.07. The molecule has 6 heteroatoms. The molecular formula is C13H21ClN4O. The zero-order valence-corrected chi connectivity index (χ0v) is 12.2. The number of nitrogens with zero attached hydrogens (tertiary/aromatic N) is 2. The van der Waals surface area contributed by atoms with Crippen molar-refractivity contribution >= 4 is 23.2 Å². The third-order valence-electron chi connectivity index (χ3n) is 3.94. The van der Waals surface area contributed by atoms with Gasteiger partial charge in [0.1, 0.15) is 17.2 Å². The third-order valence-corrected chi connectivity index (χ3v) is 4.31. The van der Waals surface area contributed by atoms with Gasteiger partial charge in [-0.15, -0.1) is 0 Å².